The quantitative estimate of drug-likeness (QED) is 0.133. The van der Waals surface area contributed by atoms with Crippen molar-refractivity contribution in [1.82, 2.24) is 0 Å². The van der Waals surface area contributed by atoms with E-state index in [-0.39, 0.29) is 10.8 Å². The van der Waals surface area contributed by atoms with Crippen molar-refractivity contribution in [1.29, 1.82) is 0 Å². The number of allylic oxidation sites excluding steroid dienone is 4. The van der Waals surface area contributed by atoms with E-state index in [1.807, 2.05) is 12.2 Å². The fourth-order valence-corrected chi connectivity index (χ4v) is 9.03. The zero-order chi connectivity index (χ0) is 30.5. The van der Waals surface area contributed by atoms with Gasteiger partial charge in [-0.05, 0) is 28.4 Å². The first-order valence-corrected chi connectivity index (χ1v) is 20.2. The molecule has 0 saturated heterocycles. The van der Waals surface area contributed by atoms with E-state index in [1.165, 1.54) is 54.9 Å². The van der Waals surface area contributed by atoms with Gasteiger partial charge in [0, 0.05) is 0 Å². The molecule has 212 valence electrons. The van der Waals surface area contributed by atoms with Crippen molar-refractivity contribution >= 4 is 15.8 Å². The van der Waals surface area contributed by atoms with Gasteiger partial charge in [-0.2, -0.15) is 29.8 Å². The second-order valence-electron chi connectivity index (χ2n) is 13.4. The molecule has 0 fully saturated rings. The Balaban J connectivity index is 0.000000170. The molecule has 0 aliphatic heterocycles. The van der Waals surface area contributed by atoms with Crippen molar-refractivity contribution < 1.29 is 23.3 Å². The first kappa shape index (κ1) is 32.4. The van der Waals surface area contributed by atoms with Gasteiger partial charge in [-0.1, -0.05) is 65.3 Å². The Kier molecular flexibility index (Phi) is 10.7. The molecule has 2 aliphatic carbocycles. The van der Waals surface area contributed by atoms with Crippen molar-refractivity contribution in [2.24, 2.45) is 0 Å². The fraction of sp³-hybridized carbons (Fsp3) is 0.300. The monoisotopic (exact) mass is 642 g/mol. The number of benzene rings is 4. The molecule has 2 heteroatoms. The van der Waals surface area contributed by atoms with Crippen LogP contribution in [-0.4, -0.2) is 5.43 Å². The van der Waals surface area contributed by atoms with Gasteiger partial charge in [-0.3, -0.25) is 6.08 Å². The molecule has 0 saturated carbocycles. The predicted molar refractivity (Wildman–Crippen MR) is 180 cm³/mol. The molecular formula is C40H44SiZr. The second kappa shape index (κ2) is 13.8. The van der Waals surface area contributed by atoms with Crippen molar-refractivity contribution in [3.8, 4) is 11.1 Å². The van der Waals surface area contributed by atoms with E-state index in [0.29, 0.717) is 0 Å². The Labute approximate surface area is 270 Å². The van der Waals surface area contributed by atoms with E-state index in [1.54, 1.807) is 23.3 Å². The molecule has 0 unspecified atom stereocenters. The summed E-state index contributed by atoms with van der Waals surface area (Å²) >= 11 is 1.65. The Morgan fingerprint density at radius 1 is 0.714 bits per heavy atom. The molecule has 4 aromatic rings. The minimum Gasteiger partial charge on any atom is -0.273 e. The maximum atomic E-state index is 3.67. The summed E-state index contributed by atoms with van der Waals surface area (Å²) in [7, 11) is 0. The number of hydrogen-bond acceptors (Lipinski definition) is 0. The van der Waals surface area contributed by atoms with Crippen molar-refractivity contribution in [2.75, 3.05) is 0 Å². The van der Waals surface area contributed by atoms with Gasteiger partial charge in [-0.15, -0.1) is 17.5 Å². The first-order valence-electron chi connectivity index (χ1n) is 15.0. The third kappa shape index (κ3) is 8.52. The van der Waals surface area contributed by atoms with E-state index in [9.17, 15) is 0 Å². The van der Waals surface area contributed by atoms with Gasteiger partial charge in [0.05, 0.1) is 0 Å². The molecule has 4 aromatic carbocycles. The standard InChI is InChI=1S/C21H25.C14H14Si.C5H5.Zr/c1-20(2,3)16-7-9-18-14(12-16)11-15-13-17(21(4,5)6)8-10-19(15)18;1-11-5-3-7-13(9-11)15-14-8-4-6-12(2)10-14;1-2-4-5-3-1;/h7-10,12H,11H2,1-6H3;3-10H,1-2H3;1-3H,4H2;/q-1;;-1;+2. The van der Waals surface area contributed by atoms with Gasteiger partial charge in [-0.25, -0.2) is 12.2 Å². The summed E-state index contributed by atoms with van der Waals surface area (Å²) in [5, 5.41) is 3.07. The van der Waals surface area contributed by atoms with Gasteiger partial charge in [0.15, 0.2) is 0 Å². The molecule has 0 bridgehead atoms. The summed E-state index contributed by atoms with van der Waals surface area (Å²) in [5.41, 5.74) is 10.9. The van der Waals surface area contributed by atoms with E-state index in [0.717, 1.165) is 12.8 Å². The van der Waals surface area contributed by atoms with E-state index in [2.05, 4.69) is 152 Å². The molecule has 42 heavy (non-hydrogen) atoms. The van der Waals surface area contributed by atoms with E-state index < -0.39 is 5.43 Å². The molecule has 0 radical (unpaired) electrons. The molecule has 2 aliphatic rings. The van der Waals surface area contributed by atoms with E-state index >= 15 is 0 Å². The van der Waals surface area contributed by atoms with Gasteiger partial charge >= 0.3 is 113 Å². The number of hydrogen-bond donors (Lipinski definition) is 0. The number of fused-ring (bicyclic) bond motifs is 3. The Bertz CT molecular complexity index is 1500. The van der Waals surface area contributed by atoms with Crippen LogP contribution in [-0.2, 0) is 40.6 Å². The van der Waals surface area contributed by atoms with Crippen LogP contribution in [0.4, 0.5) is 0 Å². The average Bonchev–Trinajstić information content (AvgIpc) is 3.63. The van der Waals surface area contributed by atoms with Crippen LogP contribution in [0.1, 0.15) is 81.3 Å². The third-order valence-corrected chi connectivity index (χ3v) is 13.7. The van der Waals surface area contributed by atoms with Crippen molar-refractivity contribution in [3.63, 3.8) is 0 Å². The van der Waals surface area contributed by atoms with Gasteiger partial charge in [0.1, 0.15) is 0 Å². The van der Waals surface area contributed by atoms with Crippen LogP contribution in [0.2, 0.25) is 0 Å². The number of aryl methyl sites for hydroxylation is 2. The molecular weight excluding hydrogens is 600 g/mol. The van der Waals surface area contributed by atoms with Crippen LogP contribution in [0.25, 0.3) is 11.1 Å². The maximum Gasteiger partial charge on any atom is -0.109 e. The Morgan fingerprint density at radius 2 is 1.33 bits per heavy atom. The molecule has 0 spiro atoms. The maximum absolute atomic E-state index is 3.67. The van der Waals surface area contributed by atoms with E-state index in [4.69, 9.17) is 0 Å². The van der Waals surface area contributed by atoms with Crippen LogP contribution < -0.4 is 10.4 Å². The van der Waals surface area contributed by atoms with Crippen LogP contribution in [0.5, 0.6) is 0 Å². The van der Waals surface area contributed by atoms with Crippen LogP contribution in [0.3, 0.4) is 0 Å². The molecule has 0 N–H and O–H groups in total. The summed E-state index contributed by atoms with van der Waals surface area (Å²) < 4.78 is 0. The molecule has 0 amide bonds. The van der Waals surface area contributed by atoms with Crippen molar-refractivity contribution in [2.45, 2.75) is 79.1 Å². The summed E-state index contributed by atoms with van der Waals surface area (Å²) in [6, 6.07) is 33.1. The fourth-order valence-electron chi connectivity index (χ4n) is 5.14. The smallest absolute Gasteiger partial charge is 0.109 e. The summed E-state index contributed by atoms with van der Waals surface area (Å²) in [4.78, 5) is 0. The van der Waals surface area contributed by atoms with Crippen LogP contribution >= 0.6 is 0 Å². The third-order valence-electron chi connectivity index (χ3n) is 7.66. The summed E-state index contributed by atoms with van der Waals surface area (Å²) in [6.45, 7) is 17.9. The minimum absolute atomic E-state index is 0.167. The molecule has 0 aromatic heterocycles. The molecule has 0 nitrogen and oxygen atoms in total. The van der Waals surface area contributed by atoms with Crippen molar-refractivity contribution in [3.05, 3.63) is 143 Å². The first-order chi connectivity index (χ1) is 19.8. The second-order valence-corrected chi connectivity index (χ2v) is 19.0. The Hall–Kier alpha value is -2.54. The summed E-state index contributed by atoms with van der Waals surface area (Å²) in [6.07, 6.45) is 11.0. The SMILES string of the molecule is CC(C)(C)c1[c-]c2c(cc1)-c1ccc(C(C)(C)C)cc1C2.Cc1cccc([Si](=[Zr+2])c2cccc(C)c2)c1.[C-]1=CC=CC1. The van der Waals surface area contributed by atoms with Crippen LogP contribution in [0, 0.1) is 26.0 Å². The minimum atomic E-state index is -0.499. The zero-order valence-corrected chi connectivity index (χ0v) is 30.1. The predicted octanol–water partition coefficient (Wildman–Crippen LogP) is 8.91. The van der Waals surface area contributed by atoms with Gasteiger partial charge < -0.3 is 0 Å². The molecule has 6 rings (SSSR count). The molecule has 0 atom stereocenters. The molecule has 0 heterocycles. The largest absolute Gasteiger partial charge is 0.273 e. The average molecular weight is 644 g/mol. The Morgan fingerprint density at radius 3 is 1.81 bits per heavy atom. The van der Waals surface area contributed by atoms with Gasteiger partial charge in [0.2, 0.25) is 0 Å². The zero-order valence-electron chi connectivity index (χ0n) is 26.7. The summed E-state index contributed by atoms with van der Waals surface area (Å²) in [5.74, 6) is 0. The van der Waals surface area contributed by atoms with Gasteiger partial charge in [0.25, 0.3) is 0 Å². The normalized spacial score (nSPS) is 13.0. The topological polar surface area (TPSA) is 0 Å². The number of rotatable bonds is 2. The van der Waals surface area contributed by atoms with Crippen LogP contribution in [0.15, 0.2) is 97.1 Å².